The van der Waals surface area contributed by atoms with Crippen LogP contribution in [0, 0.1) is 12.3 Å². The van der Waals surface area contributed by atoms with Crippen molar-refractivity contribution in [3.63, 3.8) is 0 Å². The molecule has 3 rings (SSSR count). The molecule has 19 heavy (non-hydrogen) atoms. The van der Waals surface area contributed by atoms with Gasteiger partial charge in [0.1, 0.15) is 0 Å². The summed E-state index contributed by atoms with van der Waals surface area (Å²) in [6.45, 7) is 4.88. The third kappa shape index (κ3) is 3.31. The fourth-order valence-corrected chi connectivity index (χ4v) is 3.14. The molecule has 3 heteroatoms. The SMILES string of the molecule is Cc1ccc(CC2(CNC3CC3)CCOC2)c(Cl)c1. The predicted octanol–water partition coefficient (Wildman–Crippen LogP) is 3.35. The topological polar surface area (TPSA) is 21.3 Å². The zero-order chi connectivity index (χ0) is 13.3. The summed E-state index contributed by atoms with van der Waals surface area (Å²) in [6, 6.07) is 7.15. The Morgan fingerprint density at radius 2 is 2.26 bits per heavy atom. The number of rotatable bonds is 5. The summed E-state index contributed by atoms with van der Waals surface area (Å²) in [5.41, 5.74) is 2.72. The molecule has 1 heterocycles. The van der Waals surface area contributed by atoms with Gasteiger partial charge in [0.2, 0.25) is 0 Å². The van der Waals surface area contributed by atoms with Gasteiger partial charge in [0, 0.05) is 29.6 Å². The van der Waals surface area contributed by atoms with E-state index in [1.165, 1.54) is 24.0 Å². The highest BCUT2D eigenvalue weighted by molar-refractivity contribution is 6.31. The normalized spacial score (nSPS) is 26.8. The molecule has 1 atom stereocenters. The van der Waals surface area contributed by atoms with Crippen LogP contribution in [0.1, 0.15) is 30.4 Å². The van der Waals surface area contributed by atoms with Gasteiger partial charge in [-0.25, -0.2) is 0 Å². The van der Waals surface area contributed by atoms with E-state index in [-0.39, 0.29) is 5.41 Å². The highest BCUT2D eigenvalue weighted by atomic mass is 35.5. The summed E-state index contributed by atoms with van der Waals surface area (Å²) < 4.78 is 5.67. The smallest absolute Gasteiger partial charge is 0.0538 e. The molecule has 1 aliphatic carbocycles. The molecular weight excluding hydrogens is 258 g/mol. The van der Waals surface area contributed by atoms with Crippen molar-refractivity contribution in [2.45, 2.75) is 38.6 Å². The molecule has 1 unspecified atom stereocenters. The maximum absolute atomic E-state index is 6.38. The average Bonchev–Trinajstić information content (AvgIpc) is 3.11. The first-order valence-corrected chi connectivity index (χ1v) is 7.61. The molecule has 104 valence electrons. The van der Waals surface area contributed by atoms with Crippen LogP contribution in [0.15, 0.2) is 18.2 Å². The Labute approximate surface area is 120 Å². The van der Waals surface area contributed by atoms with Crippen molar-refractivity contribution >= 4 is 11.6 Å². The Balaban J connectivity index is 1.72. The van der Waals surface area contributed by atoms with Crippen LogP contribution < -0.4 is 5.32 Å². The van der Waals surface area contributed by atoms with Crippen LogP contribution in [0.4, 0.5) is 0 Å². The van der Waals surface area contributed by atoms with Gasteiger partial charge in [-0.2, -0.15) is 0 Å². The van der Waals surface area contributed by atoms with Crippen LogP contribution in [-0.4, -0.2) is 25.8 Å². The average molecular weight is 280 g/mol. The molecule has 1 N–H and O–H groups in total. The number of hydrogen-bond acceptors (Lipinski definition) is 2. The second-order valence-corrected chi connectivity index (χ2v) is 6.64. The molecule has 0 aromatic heterocycles. The Morgan fingerprint density at radius 3 is 2.89 bits per heavy atom. The lowest BCUT2D eigenvalue weighted by Crippen LogP contribution is -2.37. The summed E-state index contributed by atoms with van der Waals surface area (Å²) in [5, 5.41) is 4.57. The van der Waals surface area contributed by atoms with Crippen molar-refractivity contribution in [2.75, 3.05) is 19.8 Å². The molecule has 0 radical (unpaired) electrons. The summed E-state index contributed by atoms with van der Waals surface area (Å²) in [4.78, 5) is 0. The number of aryl methyl sites for hydroxylation is 1. The first-order chi connectivity index (χ1) is 9.17. The van der Waals surface area contributed by atoms with Gasteiger partial charge in [-0.1, -0.05) is 23.7 Å². The second kappa shape index (κ2) is 5.43. The van der Waals surface area contributed by atoms with E-state index in [1.54, 1.807) is 0 Å². The fraction of sp³-hybridized carbons (Fsp3) is 0.625. The number of nitrogens with one attached hydrogen (secondary N) is 1. The lowest BCUT2D eigenvalue weighted by atomic mass is 9.80. The van der Waals surface area contributed by atoms with Crippen molar-refractivity contribution in [3.05, 3.63) is 34.3 Å². The van der Waals surface area contributed by atoms with E-state index in [0.29, 0.717) is 0 Å². The van der Waals surface area contributed by atoms with E-state index in [2.05, 4.69) is 30.4 Å². The van der Waals surface area contributed by atoms with E-state index < -0.39 is 0 Å². The Bertz CT molecular complexity index is 450. The van der Waals surface area contributed by atoms with Crippen molar-refractivity contribution < 1.29 is 4.74 Å². The van der Waals surface area contributed by atoms with Gasteiger partial charge in [0.25, 0.3) is 0 Å². The zero-order valence-electron chi connectivity index (χ0n) is 11.5. The van der Waals surface area contributed by atoms with Gasteiger partial charge in [-0.3, -0.25) is 0 Å². The van der Waals surface area contributed by atoms with E-state index in [1.807, 2.05) is 0 Å². The minimum Gasteiger partial charge on any atom is -0.381 e. The molecule has 0 spiro atoms. The van der Waals surface area contributed by atoms with E-state index >= 15 is 0 Å². The largest absolute Gasteiger partial charge is 0.381 e. The Hall–Kier alpha value is -0.570. The van der Waals surface area contributed by atoms with Crippen LogP contribution in [0.5, 0.6) is 0 Å². The van der Waals surface area contributed by atoms with Gasteiger partial charge >= 0.3 is 0 Å². The van der Waals surface area contributed by atoms with Crippen LogP contribution >= 0.6 is 11.6 Å². The van der Waals surface area contributed by atoms with Crippen molar-refractivity contribution in [1.29, 1.82) is 0 Å². The Kier molecular flexibility index (Phi) is 3.84. The van der Waals surface area contributed by atoms with Gasteiger partial charge < -0.3 is 10.1 Å². The summed E-state index contributed by atoms with van der Waals surface area (Å²) in [7, 11) is 0. The van der Waals surface area contributed by atoms with Crippen LogP contribution in [0.25, 0.3) is 0 Å². The lowest BCUT2D eigenvalue weighted by Gasteiger charge is -2.28. The number of hydrogen-bond donors (Lipinski definition) is 1. The maximum atomic E-state index is 6.38. The third-order valence-corrected chi connectivity index (χ3v) is 4.65. The second-order valence-electron chi connectivity index (χ2n) is 6.23. The molecule has 0 bridgehead atoms. The monoisotopic (exact) mass is 279 g/mol. The molecule has 2 nitrogen and oxygen atoms in total. The summed E-state index contributed by atoms with van der Waals surface area (Å²) in [6.07, 6.45) is 4.83. The highest BCUT2D eigenvalue weighted by Gasteiger charge is 2.37. The molecule has 1 aromatic carbocycles. The number of halogens is 1. The molecule has 1 saturated heterocycles. The molecule has 2 fully saturated rings. The molecule has 1 aliphatic heterocycles. The summed E-state index contributed by atoms with van der Waals surface area (Å²) in [5.74, 6) is 0. The molecule has 1 saturated carbocycles. The summed E-state index contributed by atoms with van der Waals surface area (Å²) >= 11 is 6.38. The van der Waals surface area contributed by atoms with E-state index in [9.17, 15) is 0 Å². The van der Waals surface area contributed by atoms with Gasteiger partial charge in [0.15, 0.2) is 0 Å². The van der Waals surface area contributed by atoms with E-state index in [0.717, 1.165) is 43.7 Å². The van der Waals surface area contributed by atoms with Crippen molar-refractivity contribution in [2.24, 2.45) is 5.41 Å². The van der Waals surface area contributed by atoms with Crippen LogP contribution in [0.2, 0.25) is 5.02 Å². The van der Waals surface area contributed by atoms with Crippen molar-refractivity contribution in [1.82, 2.24) is 5.32 Å². The molecule has 0 amide bonds. The van der Waals surface area contributed by atoms with Gasteiger partial charge in [0.05, 0.1) is 6.61 Å². The first-order valence-electron chi connectivity index (χ1n) is 7.23. The third-order valence-electron chi connectivity index (χ3n) is 4.30. The lowest BCUT2D eigenvalue weighted by molar-refractivity contribution is 0.149. The quantitative estimate of drug-likeness (QED) is 0.892. The standard InChI is InChI=1S/C16H22ClNO/c1-12-2-3-13(15(17)8-12)9-16(6-7-19-11-16)10-18-14-4-5-14/h2-3,8,14,18H,4-7,9-11H2,1H3. The van der Waals surface area contributed by atoms with Gasteiger partial charge in [-0.15, -0.1) is 0 Å². The Morgan fingerprint density at radius 1 is 1.42 bits per heavy atom. The minimum atomic E-state index is 0.238. The van der Waals surface area contributed by atoms with Crippen LogP contribution in [0.3, 0.4) is 0 Å². The molecule has 1 aromatic rings. The molecule has 2 aliphatic rings. The van der Waals surface area contributed by atoms with Crippen LogP contribution in [-0.2, 0) is 11.2 Å². The zero-order valence-corrected chi connectivity index (χ0v) is 12.3. The van der Waals surface area contributed by atoms with Gasteiger partial charge in [-0.05, 0) is 49.8 Å². The molecular formula is C16H22ClNO. The minimum absolute atomic E-state index is 0.238. The number of benzene rings is 1. The predicted molar refractivity (Wildman–Crippen MR) is 78.8 cm³/mol. The maximum Gasteiger partial charge on any atom is 0.0538 e. The van der Waals surface area contributed by atoms with Crippen molar-refractivity contribution in [3.8, 4) is 0 Å². The van der Waals surface area contributed by atoms with E-state index in [4.69, 9.17) is 16.3 Å². The number of ether oxygens (including phenoxy) is 1. The fourth-order valence-electron chi connectivity index (χ4n) is 2.84. The highest BCUT2D eigenvalue weighted by Crippen LogP contribution is 2.35. The first kappa shape index (κ1) is 13.4.